The Hall–Kier alpha value is -4.06. The lowest BCUT2D eigenvalue weighted by atomic mass is 9.73. The fourth-order valence-corrected chi connectivity index (χ4v) is 7.14. The van der Waals surface area contributed by atoms with Crippen molar-refractivity contribution in [3.05, 3.63) is 112 Å². The normalized spacial score (nSPS) is 22.8. The minimum absolute atomic E-state index is 0.0200. The van der Waals surface area contributed by atoms with Crippen LogP contribution in [0.15, 0.2) is 83.4 Å². The number of benzene rings is 2. The van der Waals surface area contributed by atoms with Gasteiger partial charge in [0.2, 0.25) is 5.89 Å². The molecule has 1 saturated heterocycles. The summed E-state index contributed by atoms with van der Waals surface area (Å²) in [6.07, 6.45) is 9.49. The number of piperidine rings is 1. The van der Waals surface area contributed by atoms with Gasteiger partial charge in [-0.25, -0.2) is 4.98 Å². The Morgan fingerprint density at radius 3 is 2.67 bits per heavy atom. The molecule has 3 heterocycles. The number of carboxylic acids is 1. The first-order chi connectivity index (χ1) is 23.1. The van der Waals surface area contributed by atoms with Gasteiger partial charge in [-0.2, -0.15) is 0 Å². The number of alkyl halides is 1. The number of carboxylic acid groups (broad SMARTS) is 1. The van der Waals surface area contributed by atoms with Gasteiger partial charge in [-0.1, -0.05) is 66.6 Å². The second kappa shape index (κ2) is 14.2. The molecule has 250 valence electrons. The van der Waals surface area contributed by atoms with Crippen LogP contribution >= 0.6 is 23.2 Å². The molecule has 12 heteroatoms. The van der Waals surface area contributed by atoms with Crippen LogP contribution in [0.5, 0.6) is 0 Å². The molecule has 3 atom stereocenters. The number of pyridine rings is 1. The number of aromatic nitrogens is 2. The second-order valence-electron chi connectivity index (χ2n) is 12.3. The van der Waals surface area contributed by atoms with Crippen LogP contribution in [-0.4, -0.2) is 67.6 Å². The molecule has 0 bridgehead atoms. The average molecular weight is 691 g/mol. The standard InChI is InChI=1S/C36H37Cl2N5O5/c1-35(38)26(25-8-3-2-4-9-25)10-7-14-36(35,42-32(45)28-13-12-23(21-40-28)20-39-15-17-44)34-41-29-19-24(18-27(37)31(29)48-34)22-43-16-6-5-11-30(43)33(46)47/h2-4,7-10,12-14,18-19,21,30,39,44H,5-6,11,15-17,20,22H2,1H3,(H,42,45)(H,46,47)/t30-,35?,36?/m0/s1. The highest BCUT2D eigenvalue weighted by Gasteiger charge is 2.55. The minimum Gasteiger partial charge on any atom is -0.480 e. The van der Waals surface area contributed by atoms with Crippen molar-refractivity contribution in [2.24, 2.45) is 0 Å². The SMILES string of the molecule is CC1(Cl)C(c2ccccc2)=CC=CC1(NC(=O)c1ccc(CNCCO)cn1)c1nc2cc(CN3CCCC[C@H]3C(=O)O)cc(Cl)c2o1. The Morgan fingerprint density at radius 2 is 1.94 bits per heavy atom. The molecule has 10 nitrogen and oxygen atoms in total. The monoisotopic (exact) mass is 689 g/mol. The number of halogens is 2. The molecular formula is C36H37Cl2N5O5. The number of aliphatic carboxylic acids is 1. The summed E-state index contributed by atoms with van der Waals surface area (Å²) < 4.78 is 6.40. The molecule has 4 aromatic rings. The number of oxazole rings is 1. The van der Waals surface area contributed by atoms with E-state index >= 15 is 0 Å². The summed E-state index contributed by atoms with van der Waals surface area (Å²) in [5, 5.41) is 25.4. The molecule has 1 fully saturated rings. The molecule has 2 unspecified atom stereocenters. The quantitative estimate of drug-likeness (QED) is 0.116. The summed E-state index contributed by atoms with van der Waals surface area (Å²) in [5.41, 5.74) is 2.72. The van der Waals surface area contributed by atoms with E-state index in [2.05, 4.69) is 15.6 Å². The summed E-state index contributed by atoms with van der Waals surface area (Å²) >= 11 is 14.3. The maximum absolute atomic E-state index is 14.0. The van der Waals surface area contributed by atoms with E-state index in [4.69, 9.17) is 37.7 Å². The molecule has 1 aliphatic carbocycles. The Kier molecular flexibility index (Phi) is 10.0. The van der Waals surface area contributed by atoms with Crippen molar-refractivity contribution < 1.29 is 24.2 Å². The molecule has 1 aliphatic heterocycles. The predicted octanol–water partition coefficient (Wildman–Crippen LogP) is 5.67. The summed E-state index contributed by atoms with van der Waals surface area (Å²) in [4.78, 5) is 35.8. The van der Waals surface area contributed by atoms with Crippen molar-refractivity contribution in [3.8, 4) is 0 Å². The smallest absolute Gasteiger partial charge is 0.320 e. The van der Waals surface area contributed by atoms with E-state index in [1.807, 2.05) is 60.4 Å². The van der Waals surface area contributed by atoms with Gasteiger partial charge in [0.1, 0.15) is 22.1 Å². The molecule has 0 radical (unpaired) electrons. The van der Waals surface area contributed by atoms with Crippen LogP contribution in [0.4, 0.5) is 0 Å². The highest BCUT2D eigenvalue weighted by Crippen LogP contribution is 2.50. The number of amides is 1. The Labute approximate surface area is 288 Å². The van der Waals surface area contributed by atoms with Crippen LogP contribution in [0, 0.1) is 0 Å². The van der Waals surface area contributed by atoms with Crippen molar-refractivity contribution in [1.29, 1.82) is 0 Å². The van der Waals surface area contributed by atoms with Crippen LogP contribution in [0.2, 0.25) is 5.02 Å². The number of aliphatic hydroxyl groups excluding tert-OH is 1. The van der Waals surface area contributed by atoms with E-state index in [9.17, 15) is 14.7 Å². The molecule has 48 heavy (non-hydrogen) atoms. The lowest BCUT2D eigenvalue weighted by molar-refractivity contribution is -0.144. The van der Waals surface area contributed by atoms with Crippen molar-refractivity contribution in [2.45, 2.75) is 55.7 Å². The number of aliphatic hydroxyl groups is 1. The van der Waals surface area contributed by atoms with Crippen molar-refractivity contribution in [3.63, 3.8) is 0 Å². The maximum atomic E-state index is 14.0. The van der Waals surface area contributed by atoms with Gasteiger partial charge in [-0.3, -0.25) is 19.5 Å². The number of nitrogens with one attached hydrogen (secondary N) is 2. The Morgan fingerprint density at radius 1 is 1.12 bits per heavy atom. The molecule has 4 N–H and O–H groups in total. The average Bonchev–Trinajstić information content (AvgIpc) is 3.52. The van der Waals surface area contributed by atoms with E-state index in [0.29, 0.717) is 48.7 Å². The van der Waals surface area contributed by atoms with Crippen LogP contribution in [0.3, 0.4) is 0 Å². The number of rotatable bonds is 11. The van der Waals surface area contributed by atoms with Crippen molar-refractivity contribution in [1.82, 2.24) is 25.5 Å². The lowest BCUT2D eigenvalue weighted by Gasteiger charge is -2.44. The zero-order valence-electron chi connectivity index (χ0n) is 26.5. The second-order valence-corrected chi connectivity index (χ2v) is 13.5. The zero-order valence-corrected chi connectivity index (χ0v) is 28.0. The van der Waals surface area contributed by atoms with Crippen molar-refractivity contribution >= 4 is 51.8 Å². The third kappa shape index (κ3) is 6.63. The van der Waals surface area contributed by atoms with Gasteiger partial charge >= 0.3 is 5.97 Å². The predicted molar refractivity (Wildman–Crippen MR) is 185 cm³/mol. The van der Waals surface area contributed by atoms with Crippen LogP contribution < -0.4 is 10.6 Å². The fourth-order valence-electron chi connectivity index (χ4n) is 6.50. The maximum Gasteiger partial charge on any atom is 0.320 e. The topological polar surface area (TPSA) is 141 Å². The van der Waals surface area contributed by atoms with Gasteiger partial charge in [0.15, 0.2) is 11.1 Å². The molecule has 2 aromatic carbocycles. The van der Waals surface area contributed by atoms with Gasteiger partial charge < -0.3 is 25.3 Å². The van der Waals surface area contributed by atoms with E-state index < -0.39 is 28.3 Å². The van der Waals surface area contributed by atoms with E-state index in [1.165, 1.54) is 0 Å². The fraction of sp³-hybridized carbons (Fsp3) is 0.333. The number of fused-ring (bicyclic) bond motifs is 1. The van der Waals surface area contributed by atoms with Gasteiger partial charge in [0.25, 0.3) is 5.91 Å². The first kappa shape index (κ1) is 33.8. The molecule has 1 amide bonds. The first-order valence-electron chi connectivity index (χ1n) is 15.9. The lowest BCUT2D eigenvalue weighted by Crippen LogP contribution is -2.58. The molecule has 0 spiro atoms. The number of carbonyl (C=O) groups excluding carboxylic acids is 1. The summed E-state index contributed by atoms with van der Waals surface area (Å²) in [6.45, 7) is 3.83. The van der Waals surface area contributed by atoms with Crippen molar-refractivity contribution in [2.75, 3.05) is 19.7 Å². The molecular weight excluding hydrogens is 653 g/mol. The number of hydrogen-bond acceptors (Lipinski definition) is 8. The number of nitrogens with zero attached hydrogens (tertiary/aromatic N) is 3. The molecule has 6 rings (SSSR count). The minimum atomic E-state index is -1.49. The van der Waals surface area contributed by atoms with E-state index in [-0.39, 0.29) is 18.2 Å². The number of allylic oxidation sites excluding steroid dienone is 2. The molecule has 2 aromatic heterocycles. The molecule has 0 saturated carbocycles. The van der Waals surface area contributed by atoms with E-state index in [1.54, 1.807) is 30.5 Å². The van der Waals surface area contributed by atoms with Gasteiger partial charge in [-0.15, -0.1) is 11.6 Å². The van der Waals surface area contributed by atoms with Gasteiger partial charge in [-0.05, 0) is 72.8 Å². The number of likely N-dealkylation sites (tertiary alicyclic amines) is 1. The van der Waals surface area contributed by atoms with Crippen LogP contribution in [-0.2, 0) is 23.4 Å². The van der Waals surface area contributed by atoms with Gasteiger partial charge in [0.05, 0.1) is 11.6 Å². The number of hydrogen-bond donors (Lipinski definition) is 4. The zero-order chi connectivity index (χ0) is 33.9. The van der Waals surface area contributed by atoms with E-state index in [0.717, 1.165) is 35.1 Å². The summed E-state index contributed by atoms with van der Waals surface area (Å²) in [7, 11) is 0. The largest absolute Gasteiger partial charge is 0.480 e. The first-order valence-corrected chi connectivity index (χ1v) is 16.7. The summed E-state index contributed by atoms with van der Waals surface area (Å²) in [6, 6.07) is 16.1. The van der Waals surface area contributed by atoms with Gasteiger partial charge in [0, 0.05) is 25.8 Å². The Balaban J connectivity index is 1.39. The Bertz CT molecular complexity index is 1860. The molecule has 2 aliphatic rings. The highest BCUT2D eigenvalue weighted by molar-refractivity contribution is 6.35. The van der Waals surface area contributed by atoms with Crippen LogP contribution in [0.1, 0.15) is 59.3 Å². The highest BCUT2D eigenvalue weighted by atomic mass is 35.5. The number of carbonyl (C=O) groups is 2. The summed E-state index contributed by atoms with van der Waals surface area (Å²) in [5.74, 6) is -1.19. The van der Waals surface area contributed by atoms with Crippen LogP contribution in [0.25, 0.3) is 16.7 Å². The third-order valence-electron chi connectivity index (χ3n) is 9.05. The third-order valence-corrected chi connectivity index (χ3v) is 9.83.